The first-order valence-corrected chi connectivity index (χ1v) is 7.57. The fourth-order valence-corrected chi connectivity index (χ4v) is 2.75. The van der Waals surface area contributed by atoms with Gasteiger partial charge in [0.25, 0.3) is 0 Å². The first kappa shape index (κ1) is 15.5. The molecule has 1 unspecified atom stereocenters. The van der Waals surface area contributed by atoms with Gasteiger partial charge < -0.3 is 10.2 Å². The number of nitrogens with zero attached hydrogens (tertiary/aromatic N) is 1. The Kier molecular flexibility index (Phi) is 7.33. The van der Waals surface area contributed by atoms with E-state index < -0.39 is 0 Å². The summed E-state index contributed by atoms with van der Waals surface area (Å²) in [4.78, 5) is 12.2. The number of amides is 1. The van der Waals surface area contributed by atoms with Gasteiger partial charge in [-0.1, -0.05) is 27.2 Å². The normalized spacial score (nSPS) is 24.9. The monoisotopic (exact) mass is 254 g/mol. The Morgan fingerprint density at radius 2 is 1.94 bits per heavy atom. The number of likely N-dealkylation sites (tertiary alicyclic amines) is 1. The lowest BCUT2D eigenvalue weighted by Crippen LogP contribution is -2.27. The maximum absolute atomic E-state index is 10.3. The van der Waals surface area contributed by atoms with Gasteiger partial charge in [0.2, 0.25) is 6.41 Å². The smallest absolute Gasteiger partial charge is 0.209 e. The highest BCUT2D eigenvalue weighted by atomic mass is 16.1. The Morgan fingerprint density at radius 1 is 1.28 bits per heavy atom. The second-order valence-corrected chi connectivity index (χ2v) is 5.99. The number of hydrogen-bond acceptors (Lipinski definition) is 2. The molecule has 1 atom stereocenters. The van der Waals surface area contributed by atoms with Gasteiger partial charge in [-0.15, -0.1) is 0 Å². The molecule has 2 rings (SSSR count). The molecule has 0 aliphatic carbocycles. The summed E-state index contributed by atoms with van der Waals surface area (Å²) in [7, 11) is 0. The van der Waals surface area contributed by atoms with Crippen molar-refractivity contribution in [2.75, 3.05) is 26.2 Å². The van der Waals surface area contributed by atoms with E-state index in [0.29, 0.717) is 0 Å². The molecule has 18 heavy (non-hydrogen) atoms. The average molecular weight is 254 g/mol. The molecule has 0 aromatic rings. The van der Waals surface area contributed by atoms with Crippen LogP contribution in [0.1, 0.15) is 46.5 Å². The summed E-state index contributed by atoms with van der Waals surface area (Å²) in [5, 5.41) is 3.35. The van der Waals surface area contributed by atoms with E-state index in [9.17, 15) is 4.79 Å². The molecule has 0 saturated carbocycles. The lowest BCUT2D eigenvalue weighted by molar-refractivity contribution is -0.117. The first-order valence-electron chi connectivity index (χ1n) is 7.57. The third-order valence-electron chi connectivity index (χ3n) is 4.38. The van der Waals surface area contributed by atoms with Crippen molar-refractivity contribution in [1.29, 1.82) is 0 Å². The Bertz CT molecular complexity index is 225. The molecular formula is C15H30N2O. The molecule has 1 amide bonds. The standard InChI is InChI=1S/C8H15NO.C7H15N/c1-7(2)8-3-4-9(5-8)6-10;1-2-7-3-5-8-6-4-7/h6-8H,3-5H2,1-2H3;7-8H,2-6H2,1H3. The van der Waals surface area contributed by atoms with Crippen LogP contribution in [-0.4, -0.2) is 37.5 Å². The van der Waals surface area contributed by atoms with E-state index in [0.717, 1.165) is 37.3 Å². The van der Waals surface area contributed by atoms with Crippen molar-refractivity contribution in [2.45, 2.75) is 46.5 Å². The maximum atomic E-state index is 10.3. The van der Waals surface area contributed by atoms with Crippen molar-refractivity contribution in [1.82, 2.24) is 10.2 Å². The zero-order valence-electron chi connectivity index (χ0n) is 12.3. The number of piperidine rings is 1. The molecule has 0 bridgehead atoms. The molecule has 1 N–H and O–H groups in total. The van der Waals surface area contributed by atoms with Crippen molar-refractivity contribution in [3.05, 3.63) is 0 Å². The third kappa shape index (κ3) is 5.38. The molecule has 3 nitrogen and oxygen atoms in total. The van der Waals surface area contributed by atoms with Crippen LogP contribution < -0.4 is 5.32 Å². The largest absolute Gasteiger partial charge is 0.345 e. The van der Waals surface area contributed by atoms with Crippen LogP contribution in [0.3, 0.4) is 0 Å². The number of carbonyl (C=O) groups excluding carboxylic acids is 1. The van der Waals surface area contributed by atoms with Gasteiger partial charge in [-0.3, -0.25) is 4.79 Å². The topological polar surface area (TPSA) is 32.3 Å². The minimum atomic E-state index is 0.727. The van der Waals surface area contributed by atoms with Crippen LogP contribution in [0.15, 0.2) is 0 Å². The van der Waals surface area contributed by atoms with Crippen LogP contribution >= 0.6 is 0 Å². The van der Waals surface area contributed by atoms with E-state index in [1.165, 1.54) is 38.8 Å². The zero-order valence-corrected chi connectivity index (χ0v) is 12.3. The van der Waals surface area contributed by atoms with E-state index in [2.05, 4.69) is 26.1 Å². The van der Waals surface area contributed by atoms with Gasteiger partial charge in [0.1, 0.15) is 0 Å². The van der Waals surface area contributed by atoms with E-state index in [1.54, 1.807) is 0 Å². The molecule has 2 aliphatic rings. The predicted octanol–water partition coefficient (Wildman–Crippen LogP) is 2.52. The number of hydrogen-bond donors (Lipinski definition) is 1. The molecule has 2 saturated heterocycles. The number of nitrogens with one attached hydrogen (secondary N) is 1. The molecular weight excluding hydrogens is 224 g/mol. The first-order chi connectivity index (χ1) is 8.67. The molecule has 0 spiro atoms. The second kappa shape index (κ2) is 8.52. The Morgan fingerprint density at radius 3 is 2.28 bits per heavy atom. The van der Waals surface area contributed by atoms with Gasteiger partial charge in [0, 0.05) is 13.1 Å². The highest BCUT2D eigenvalue weighted by molar-refractivity contribution is 5.47. The van der Waals surface area contributed by atoms with Crippen molar-refractivity contribution in [3.8, 4) is 0 Å². The molecule has 0 aromatic carbocycles. The SMILES string of the molecule is CC(C)C1CCN(C=O)C1.CCC1CCNCC1. The Hall–Kier alpha value is -0.570. The zero-order chi connectivity index (χ0) is 13.4. The summed E-state index contributed by atoms with van der Waals surface area (Å²) in [6, 6.07) is 0. The van der Waals surface area contributed by atoms with Gasteiger partial charge in [-0.25, -0.2) is 0 Å². The molecule has 2 heterocycles. The van der Waals surface area contributed by atoms with Gasteiger partial charge in [0.15, 0.2) is 0 Å². The Labute approximate surface area is 112 Å². The quantitative estimate of drug-likeness (QED) is 0.785. The van der Waals surface area contributed by atoms with Crippen molar-refractivity contribution < 1.29 is 4.79 Å². The summed E-state index contributed by atoms with van der Waals surface area (Å²) in [5.41, 5.74) is 0. The van der Waals surface area contributed by atoms with Crippen LogP contribution in [0.4, 0.5) is 0 Å². The number of carbonyl (C=O) groups is 1. The highest BCUT2D eigenvalue weighted by Crippen LogP contribution is 2.21. The summed E-state index contributed by atoms with van der Waals surface area (Å²) < 4.78 is 0. The fourth-order valence-electron chi connectivity index (χ4n) is 2.75. The van der Waals surface area contributed by atoms with Crippen LogP contribution in [0.25, 0.3) is 0 Å². The predicted molar refractivity (Wildman–Crippen MR) is 76.5 cm³/mol. The van der Waals surface area contributed by atoms with Gasteiger partial charge in [0.05, 0.1) is 0 Å². The van der Waals surface area contributed by atoms with Crippen molar-refractivity contribution in [2.24, 2.45) is 17.8 Å². The van der Waals surface area contributed by atoms with E-state index >= 15 is 0 Å². The summed E-state index contributed by atoms with van der Waals surface area (Å²) >= 11 is 0. The fraction of sp³-hybridized carbons (Fsp3) is 0.933. The van der Waals surface area contributed by atoms with E-state index in [1.807, 2.05) is 4.90 Å². The molecule has 106 valence electrons. The molecule has 0 aromatic heterocycles. The van der Waals surface area contributed by atoms with Gasteiger partial charge >= 0.3 is 0 Å². The summed E-state index contributed by atoms with van der Waals surface area (Å²) in [6.45, 7) is 11.2. The minimum Gasteiger partial charge on any atom is -0.345 e. The van der Waals surface area contributed by atoms with Crippen molar-refractivity contribution in [3.63, 3.8) is 0 Å². The summed E-state index contributed by atoms with van der Waals surface area (Å²) in [5.74, 6) is 2.49. The molecule has 2 fully saturated rings. The van der Waals surface area contributed by atoms with Crippen LogP contribution in [-0.2, 0) is 4.79 Å². The molecule has 2 aliphatic heterocycles. The summed E-state index contributed by atoms with van der Waals surface area (Å²) in [6.07, 6.45) is 6.33. The average Bonchev–Trinajstić information content (AvgIpc) is 2.89. The highest BCUT2D eigenvalue weighted by Gasteiger charge is 2.23. The maximum Gasteiger partial charge on any atom is 0.209 e. The van der Waals surface area contributed by atoms with Crippen LogP contribution in [0.2, 0.25) is 0 Å². The van der Waals surface area contributed by atoms with Gasteiger partial charge in [-0.2, -0.15) is 0 Å². The Balaban J connectivity index is 0.000000184. The lowest BCUT2D eigenvalue weighted by atomic mass is 9.95. The molecule has 0 radical (unpaired) electrons. The minimum absolute atomic E-state index is 0.727. The molecule has 3 heteroatoms. The second-order valence-electron chi connectivity index (χ2n) is 5.99. The van der Waals surface area contributed by atoms with E-state index in [4.69, 9.17) is 0 Å². The lowest BCUT2D eigenvalue weighted by Gasteiger charge is -2.20. The van der Waals surface area contributed by atoms with Crippen molar-refractivity contribution >= 4 is 6.41 Å². The third-order valence-corrected chi connectivity index (χ3v) is 4.38. The van der Waals surface area contributed by atoms with E-state index in [-0.39, 0.29) is 0 Å². The number of rotatable bonds is 3. The van der Waals surface area contributed by atoms with Crippen LogP contribution in [0.5, 0.6) is 0 Å². The van der Waals surface area contributed by atoms with Crippen LogP contribution in [0, 0.1) is 17.8 Å². The van der Waals surface area contributed by atoms with Gasteiger partial charge in [-0.05, 0) is 50.1 Å².